The Labute approximate surface area is 126 Å². The second kappa shape index (κ2) is 6.41. The van der Waals surface area contributed by atoms with E-state index >= 15 is 0 Å². The van der Waals surface area contributed by atoms with Crippen LogP contribution < -0.4 is 5.32 Å². The molecule has 2 atom stereocenters. The first kappa shape index (κ1) is 14.3. The Morgan fingerprint density at radius 2 is 2.14 bits per heavy atom. The Morgan fingerprint density at radius 1 is 1.33 bits per heavy atom. The van der Waals surface area contributed by atoms with Gasteiger partial charge in [0.05, 0.1) is 0 Å². The molecule has 1 N–H and O–H groups in total. The smallest absolute Gasteiger partial charge is 0.139 e. The third-order valence-corrected chi connectivity index (χ3v) is 4.12. The van der Waals surface area contributed by atoms with Crippen molar-refractivity contribution in [2.24, 2.45) is 0 Å². The molecule has 4 nitrogen and oxygen atoms in total. The number of nitrogens with zero attached hydrogens (tertiary/aromatic N) is 2. The molecule has 112 valence electrons. The number of hydrogen-bond acceptors (Lipinski definition) is 3. The second-order valence-electron chi connectivity index (χ2n) is 5.62. The largest absolute Gasteiger partial charge is 0.369 e. The molecule has 0 spiro atoms. The van der Waals surface area contributed by atoms with E-state index in [0.29, 0.717) is 6.04 Å². The van der Waals surface area contributed by atoms with Crippen molar-refractivity contribution >= 4 is 0 Å². The van der Waals surface area contributed by atoms with Gasteiger partial charge in [-0.25, -0.2) is 4.98 Å². The van der Waals surface area contributed by atoms with Crippen molar-refractivity contribution in [1.29, 1.82) is 0 Å². The molecule has 0 bridgehead atoms. The predicted molar refractivity (Wildman–Crippen MR) is 83.0 cm³/mol. The standard InChI is InChI=1S/C17H23N3O/c1-3-20-10-9-18-17(20)16-15(8-11-21-16)19-12-14-6-4-13(2)5-7-14/h4-7,9-10,15-16,19H,3,8,11-12H2,1-2H3/t15-,16-/m0/s1. The highest BCUT2D eigenvalue weighted by Crippen LogP contribution is 2.28. The van der Waals surface area contributed by atoms with Gasteiger partial charge in [-0.15, -0.1) is 0 Å². The Balaban J connectivity index is 1.66. The summed E-state index contributed by atoms with van der Waals surface area (Å²) < 4.78 is 8.08. The number of rotatable bonds is 5. The molecule has 2 heterocycles. The summed E-state index contributed by atoms with van der Waals surface area (Å²) in [5.41, 5.74) is 2.61. The maximum Gasteiger partial charge on any atom is 0.139 e. The van der Waals surface area contributed by atoms with Crippen LogP contribution in [0, 0.1) is 6.92 Å². The van der Waals surface area contributed by atoms with Gasteiger partial charge >= 0.3 is 0 Å². The minimum Gasteiger partial charge on any atom is -0.369 e. The highest BCUT2D eigenvalue weighted by Gasteiger charge is 2.32. The first-order valence-corrected chi connectivity index (χ1v) is 7.69. The maximum absolute atomic E-state index is 5.91. The van der Waals surface area contributed by atoms with Crippen molar-refractivity contribution in [2.45, 2.75) is 45.5 Å². The highest BCUT2D eigenvalue weighted by molar-refractivity contribution is 5.21. The average molecular weight is 285 g/mol. The average Bonchev–Trinajstić information content (AvgIpc) is 3.14. The number of ether oxygens (including phenoxy) is 1. The summed E-state index contributed by atoms with van der Waals surface area (Å²) in [6.07, 6.45) is 4.98. The summed E-state index contributed by atoms with van der Waals surface area (Å²) in [5, 5.41) is 3.63. The number of benzene rings is 1. The van der Waals surface area contributed by atoms with E-state index in [1.807, 2.05) is 12.4 Å². The quantitative estimate of drug-likeness (QED) is 0.918. The fourth-order valence-corrected chi connectivity index (χ4v) is 2.85. The van der Waals surface area contributed by atoms with Crippen LogP contribution in [-0.4, -0.2) is 22.2 Å². The predicted octanol–water partition coefficient (Wildman–Crippen LogP) is 2.83. The molecule has 1 saturated heterocycles. The first-order valence-electron chi connectivity index (χ1n) is 7.69. The van der Waals surface area contributed by atoms with E-state index in [0.717, 1.165) is 31.9 Å². The fourth-order valence-electron chi connectivity index (χ4n) is 2.85. The second-order valence-corrected chi connectivity index (χ2v) is 5.62. The molecule has 21 heavy (non-hydrogen) atoms. The molecule has 0 unspecified atom stereocenters. The third-order valence-electron chi connectivity index (χ3n) is 4.12. The van der Waals surface area contributed by atoms with Gasteiger partial charge < -0.3 is 14.6 Å². The Bertz CT molecular complexity index is 576. The van der Waals surface area contributed by atoms with E-state index < -0.39 is 0 Å². The summed E-state index contributed by atoms with van der Waals surface area (Å²) in [5.74, 6) is 1.04. The Hall–Kier alpha value is -1.65. The van der Waals surface area contributed by atoms with Crippen molar-refractivity contribution in [1.82, 2.24) is 14.9 Å². The maximum atomic E-state index is 5.91. The SMILES string of the molecule is CCn1ccnc1[C@H]1OCC[C@@H]1NCc1ccc(C)cc1. The molecule has 1 aliphatic heterocycles. The van der Waals surface area contributed by atoms with Crippen LogP contribution in [0.1, 0.15) is 36.4 Å². The van der Waals surface area contributed by atoms with Crippen molar-refractivity contribution in [3.63, 3.8) is 0 Å². The minimum atomic E-state index is 0.0606. The van der Waals surface area contributed by atoms with Crippen LogP contribution in [0.25, 0.3) is 0 Å². The monoisotopic (exact) mass is 285 g/mol. The van der Waals surface area contributed by atoms with Gasteiger partial charge in [0.2, 0.25) is 0 Å². The van der Waals surface area contributed by atoms with Crippen molar-refractivity contribution in [2.75, 3.05) is 6.61 Å². The molecule has 0 aliphatic carbocycles. The van der Waals surface area contributed by atoms with E-state index in [9.17, 15) is 0 Å². The highest BCUT2D eigenvalue weighted by atomic mass is 16.5. The molecule has 1 fully saturated rings. The molecule has 0 radical (unpaired) electrons. The van der Waals surface area contributed by atoms with Crippen LogP contribution in [0.4, 0.5) is 0 Å². The third kappa shape index (κ3) is 3.17. The molecular formula is C17H23N3O. The van der Waals surface area contributed by atoms with Gasteiger partial charge in [0.25, 0.3) is 0 Å². The molecule has 3 rings (SSSR count). The first-order chi connectivity index (χ1) is 10.3. The van der Waals surface area contributed by atoms with E-state index in [1.54, 1.807) is 0 Å². The molecule has 0 amide bonds. The Kier molecular flexibility index (Phi) is 4.36. The van der Waals surface area contributed by atoms with Gasteiger partial charge in [0, 0.05) is 38.1 Å². The topological polar surface area (TPSA) is 39.1 Å². The van der Waals surface area contributed by atoms with Crippen molar-refractivity contribution in [3.8, 4) is 0 Å². The van der Waals surface area contributed by atoms with Crippen LogP contribution in [0.3, 0.4) is 0 Å². The van der Waals surface area contributed by atoms with E-state index in [4.69, 9.17) is 4.74 Å². The van der Waals surface area contributed by atoms with Crippen LogP contribution in [0.5, 0.6) is 0 Å². The zero-order valence-corrected chi connectivity index (χ0v) is 12.7. The summed E-state index contributed by atoms with van der Waals surface area (Å²) in [6, 6.07) is 9.01. The number of nitrogens with one attached hydrogen (secondary N) is 1. The molecular weight excluding hydrogens is 262 g/mol. The lowest BCUT2D eigenvalue weighted by molar-refractivity contribution is 0.0886. The molecule has 1 aliphatic rings. The Morgan fingerprint density at radius 3 is 2.90 bits per heavy atom. The lowest BCUT2D eigenvalue weighted by atomic mass is 10.1. The van der Waals surface area contributed by atoms with E-state index in [1.165, 1.54) is 11.1 Å². The van der Waals surface area contributed by atoms with Crippen LogP contribution >= 0.6 is 0 Å². The summed E-state index contributed by atoms with van der Waals surface area (Å²) >= 11 is 0. The number of imidazole rings is 1. The summed E-state index contributed by atoms with van der Waals surface area (Å²) in [4.78, 5) is 4.48. The van der Waals surface area contributed by atoms with E-state index in [-0.39, 0.29) is 6.10 Å². The molecule has 2 aromatic rings. The molecule has 0 saturated carbocycles. The molecule has 4 heteroatoms. The van der Waals surface area contributed by atoms with Gasteiger partial charge in [-0.05, 0) is 25.8 Å². The zero-order chi connectivity index (χ0) is 14.7. The van der Waals surface area contributed by atoms with Crippen LogP contribution in [-0.2, 0) is 17.8 Å². The van der Waals surface area contributed by atoms with Gasteiger partial charge in [-0.3, -0.25) is 0 Å². The lowest BCUT2D eigenvalue weighted by Crippen LogP contribution is -2.32. The van der Waals surface area contributed by atoms with Gasteiger partial charge in [0.1, 0.15) is 11.9 Å². The molecule has 1 aromatic heterocycles. The van der Waals surface area contributed by atoms with Gasteiger partial charge in [-0.1, -0.05) is 29.8 Å². The van der Waals surface area contributed by atoms with Gasteiger partial charge in [-0.2, -0.15) is 0 Å². The minimum absolute atomic E-state index is 0.0606. The summed E-state index contributed by atoms with van der Waals surface area (Å²) in [6.45, 7) is 6.85. The summed E-state index contributed by atoms with van der Waals surface area (Å²) in [7, 11) is 0. The van der Waals surface area contributed by atoms with Crippen LogP contribution in [0.15, 0.2) is 36.7 Å². The van der Waals surface area contributed by atoms with Gasteiger partial charge in [0.15, 0.2) is 0 Å². The number of aryl methyl sites for hydroxylation is 2. The van der Waals surface area contributed by atoms with Crippen LogP contribution in [0.2, 0.25) is 0 Å². The van der Waals surface area contributed by atoms with E-state index in [2.05, 4.69) is 53.0 Å². The normalized spacial score (nSPS) is 21.8. The zero-order valence-electron chi connectivity index (χ0n) is 12.7. The number of aromatic nitrogens is 2. The van der Waals surface area contributed by atoms with Crippen molar-refractivity contribution in [3.05, 3.63) is 53.6 Å². The fraction of sp³-hybridized carbons (Fsp3) is 0.471. The number of hydrogen-bond donors (Lipinski definition) is 1. The lowest BCUT2D eigenvalue weighted by Gasteiger charge is -2.20. The molecule has 1 aromatic carbocycles. The van der Waals surface area contributed by atoms with Crippen molar-refractivity contribution < 1.29 is 4.74 Å².